The Balaban J connectivity index is 2.17. The number of aryl methyl sites for hydroxylation is 3. The lowest BCUT2D eigenvalue weighted by atomic mass is 9.76. The zero-order valence-electron chi connectivity index (χ0n) is 12.2. The highest BCUT2D eigenvalue weighted by Crippen LogP contribution is 2.43. The fraction of sp³-hybridized carbons (Fsp3) is 0.412. The second-order valence-electron chi connectivity index (χ2n) is 5.61. The van der Waals surface area contributed by atoms with E-state index in [0.29, 0.717) is 0 Å². The van der Waals surface area contributed by atoms with Gasteiger partial charge in [-0.25, -0.2) is 0 Å². The molecule has 1 aromatic carbocycles. The maximum atomic E-state index is 11.3. The van der Waals surface area contributed by atoms with Crippen LogP contribution in [0.5, 0.6) is 5.75 Å². The molecule has 1 atom stereocenters. The predicted molar refractivity (Wildman–Crippen MR) is 77.1 cm³/mol. The van der Waals surface area contributed by atoms with Crippen molar-refractivity contribution in [2.24, 2.45) is 0 Å². The Labute approximate surface area is 119 Å². The van der Waals surface area contributed by atoms with Gasteiger partial charge >= 0.3 is 0 Å². The predicted octanol–water partition coefficient (Wildman–Crippen LogP) is 3.48. The van der Waals surface area contributed by atoms with Gasteiger partial charge in [0.05, 0.1) is 13.4 Å². The van der Waals surface area contributed by atoms with Crippen LogP contribution in [0.3, 0.4) is 0 Å². The molecule has 1 aromatic heterocycles. The molecule has 1 heterocycles. The van der Waals surface area contributed by atoms with Crippen molar-refractivity contribution >= 4 is 0 Å². The number of aliphatic hydroxyl groups is 1. The van der Waals surface area contributed by atoms with Crippen LogP contribution in [0.2, 0.25) is 0 Å². The van der Waals surface area contributed by atoms with Crippen LogP contribution in [0.1, 0.15) is 40.9 Å². The zero-order chi connectivity index (χ0) is 14.3. The molecule has 3 nitrogen and oxygen atoms in total. The summed E-state index contributed by atoms with van der Waals surface area (Å²) in [5.74, 6) is 1.77. The van der Waals surface area contributed by atoms with Crippen molar-refractivity contribution < 1.29 is 14.3 Å². The van der Waals surface area contributed by atoms with Crippen molar-refractivity contribution in [2.75, 3.05) is 7.11 Å². The lowest BCUT2D eigenvalue weighted by Gasteiger charge is -2.34. The van der Waals surface area contributed by atoms with Gasteiger partial charge in [0.25, 0.3) is 0 Å². The first-order chi connectivity index (χ1) is 9.56. The van der Waals surface area contributed by atoms with E-state index in [2.05, 4.69) is 0 Å². The summed E-state index contributed by atoms with van der Waals surface area (Å²) in [4.78, 5) is 0. The summed E-state index contributed by atoms with van der Waals surface area (Å²) in [6.07, 6.45) is 4.24. The number of ether oxygens (including phenoxy) is 1. The molecule has 0 radical (unpaired) electrons. The van der Waals surface area contributed by atoms with Crippen molar-refractivity contribution in [1.82, 2.24) is 0 Å². The Morgan fingerprint density at radius 1 is 1.20 bits per heavy atom. The number of furan rings is 1. The number of hydrogen-bond donors (Lipinski definition) is 1. The van der Waals surface area contributed by atoms with E-state index in [1.807, 2.05) is 32.0 Å². The van der Waals surface area contributed by atoms with Crippen molar-refractivity contribution in [2.45, 2.75) is 38.7 Å². The summed E-state index contributed by atoms with van der Waals surface area (Å²) in [6, 6.07) is 5.93. The fourth-order valence-electron chi connectivity index (χ4n) is 3.28. The first-order valence-corrected chi connectivity index (χ1v) is 7.01. The van der Waals surface area contributed by atoms with E-state index >= 15 is 0 Å². The molecule has 3 heteroatoms. The lowest BCUT2D eigenvalue weighted by Crippen LogP contribution is -2.32. The molecular weight excluding hydrogens is 252 g/mol. The van der Waals surface area contributed by atoms with Crippen molar-refractivity contribution in [3.63, 3.8) is 0 Å². The highest BCUT2D eigenvalue weighted by Gasteiger charge is 2.39. The van der Waals surface area contributed by atoms with Crippen LogP contribution in [-0.2, 0) is 12.0 Å². The third-order valence-electron chi connectivity index (χ3n) is 4.32. The van der Waals surface area contributed by atoms with Gasteiger partial charge in [-0.15, -0.1) is 0 Å². The SMILES string of the molecule is COc1cc(C)c(C2(O)CCCc3occc32)cc1C. The fourth-order valence-corrected chi connectivity index (χ4v) is 3.28. The molecule has 20 heavy (non-hydrogen) atoms. The zero-order valence-corrected chi connectivity index (χ0v) is 12.2. The van der Waals surface area contributed by atoms with E-state index in [1.165, 1.54) is 0 Å². The van der Waals surface area contributed by atoms with E-state index in [0.717, 1.165) is 53.0 Å². The van der Waals surface area contributed by atoms with Gasteiger partial charge in [-0.2, -0.15) is 0 Å². The molecule has 1 aliphatic rings. The average Bonchev–Trinajstić information content (AvgIpc) is 2.91. The standard InChI is InChI=1S/C17H20O3/c1-11-10-16(19-3)12(2)9-14(11)17(18)7-4-5-15-13(17)6-8-20-15/h6,8-10,18H,4-5,7H2,1-3H3. The van der Waals surface area contributed by atoms with Gasteiger partial charge in [-0.05, 0) is 61.6 Å². The van der Waals surface area contributed by atoms with E-state index in [4.69, 9.17) is 9.15 Å². The first-order valence-electron chi connectivity index (χ1n) is 7.01. The first kappa shape index (κ1) is 13.3. The quantitative estimate of drug-likeness (QED) is 0.910. The second kappa shape index (κ2) is 4.67. The van der Waals surface area contributed by atoms with Crippen molar-refractivity contribution in [3.05, 3.63) is 52.5 Å². The molecule has 0 bridgehead atoms. The third kappa shape index (κ3) is 1.85. The number of rotatable bonds is 2. The Kier molecular flexibility index (Phi) is 3.09. The Bertz CT molecular complexity index is 642. The molecule has 0 saturated carbocycles. The third-order valence-corrected chi connectivity index (χ3v) is 4.32. The monoisotopic (exact) mass is 272 g/mol. The van der Waals surface area contributed by atoms with Crippen LogP contribution >= 0.6 is 0 Å². The molecule has 0 saturated heterocycles. The van der Waals surface area contributed by atoms with Crippen LogP contribution in [-0.4, -0.2) is 12.2 Å². The van der Waals surface area contributed by atoms with E-state index in [1.54, 1.807) is 13.4 Å². The Hall–Kier alpha value is -1.74. The molecule has 0 fully saturated rings. The van der Waals surface area contributed by atoms with Crippen molar-refractivity contribution in [1.29, 1.82) is 0 Å². The van der Waals surface area contributed by atoms with Gasteiger partial charge in [-0.3, -0.25) is 0 Å². The van der Waals surface area contributed by atoms with Crippen LogP contribution in [0.25, 0.3) is 0 Å². The summed E-state index contributed by atoms with van der Waals surface area (Å²) in [7, 11) is 1.67. The van der Waals surface area contributed by atoms with Gasteiger partial charge in [0.15, 0.2) is 0 Å². The smallest absolute Gasteiger partial charge is 0.122 e. The minimum atomic E-state index is -0.943. The highest BCUT2D eigenvalue weighted by atomic mass is 16.5. The van der Waals surface area contributed by atoms with Crippen LogP contribution in [0.4, 0.5) is 0 Å². The largest absolute Gasteiger partial charge is 0.496 e. The molecule has 0 amide bonds. The molecule has 2 aromatic rings. The Morgan fingerprint density at radius 2 is 2.00 bits per heavy atom. The number of benzene rings is 1. The molecule has 106 valence electrons. The molecular formula is C17H20O3. The molecule has 1 aliphatic carbocycles. The highest BCUT2D eigenvalue weighted by molar-refractivity contribution is 5.49. The summed E-state index contributed by atoms with van der Waals surface area (Å²) in [6.45, 7) is 4.02. The van der Waals surface area contributed by atoms with Gasteiger partial charge in [0, 0.05) is 12.0 Å². The maximum absolute atomic E-state index is 11.3. The maximum Gasteiger partial charge on any atom is 0.122 e. The van der Waals surface area contributed by atoms with Crippen molar-refractivity contribution in [3.8, 4) is 5.75 Å². The van der Waals surface area contributed by atoms with E-state index in [-0.39, 0.29) is 0 Å². The van der Waals surface area contributed by atoms with Gasteiger partial charge in [0.2, 0.25) is 0 Å². The number of fused-ring (bicyclic) bond motifs is 1. The molecule has 0 spiro atoms. The van der Waals surface area contributed by atoms with Crippen LogP contribution in [0, 0.1) is 13.8 Å². The summed E-state index contributed by atoms with van der Waals surface area (Å²) in [5.41, 5.74) is 3.01. The summed E-state index contributed by atoms with van der Waals surface area (Å²) >= 11 is 0. The number of hydrogen-bond acceptors (Lipinski definition) is 3. The number of methoxy groups -OCH3 is 1. The summed E-state index contributed by atoms with van der Waals surface area (Å²) in [5, 5.41) is 11.3. The average molecular weight is 272 g/mol. The normalized spacial score (nSPS) is 21.6. The minimum absolute atomic E-state index is 0.728. The van der Waals surface area contributed by atoms with E-state index in [9.17, 15) is 5.11 Å². The van der Waals surface area contributed by atoms with Crippen LogP contribution in [0.15, 0.2) is 28.9 Å². The van der Waals surface area contributed by atoms with Gasteiger partial charge in [0.1, 0.15) is 17.1 Å². The molecule has 1 unspecified atom stereocenters. The van der Waals surface area contributed by atoms with Crippen LogP contribution < -0.4 is 4.74 Å². The Morgan fingerprint density at radius 3 is 2.75 bits per heavy atom. The van der Waals surface area contributed by atoms with Gasteiger partial charge in [-0.1, -0.05) is 0 Å². The molecule has 0 aliphatic heterocycles. The molecule has 1 N–H and O–H groups in total. The van der Waals surface area contributed by atoms with Gasteiger partial charge < -0.3 is 14.3 Å². The minimum Gasteiger partial charge on any atom is -0.496 e. The van der Waals surface area contributed by atoms with E-state index < -0.39 is 5.60 Å². The topological polar surface area (TPSA) is 42.6 Å². The summed E-state index contributed by atoms with van der Waals surface area (Å²) < 4.78 is 10.9. The molecule has 3 rings (SSSR count). The second-order valence-corrected chi connectivity index (χ2v) is 5.61. The lowest BCUT2D eigenvalue weighted by molar-refractivity contribution is 0.0582.